The minimum atomic E-state index is -0.0985. The van der Waals surface area contributed by atoms with Crippen molar-refractivity contribution in [2.24, 2.45) is 0 Å². The van der Waals surface area contributed by atoms with Gasteiger partial charge in [0.1, 0.15) is 11.5 Å². The maximum atomic E-state index is 12.5. The molecular weight excluding hydrogens is 346 g/mol. The summed E-state index contributed by atoms with van der Waals surface area (Å²) in [5.74, 6) is 1.38. The molecule has 0 bridgehead atoms. The van der Waals surface area contributed by atoms with Gasteiger partial charge < -0.3 is 20.0 Å². The number of ether oxygens (including phenoxy) is 2. The van der Waals surface area contributed by atoms with Gasteiger partial charge in [-0.05, 0) is 38.1 Å². The molecule has 27 heavy (non-hydrogen) atoms. The van der Waals surface area contributed by atoms with Crippen LogP contribution in [-0.2, 0) is 4.79 Å². The quantitative estimate of drug-likeness (QED) is 0.622. The Morgan fingerprint density at radius 2 is 2.00 bits per heavy atom. The van der Waals surface area contributed by atoms with Gasteiger partial charge in [-0.25, -0.2) is 0 Å². The molecule has 1 fully saturated rings. The molecule has 1 aliphatic rings. The summed E-state index contributed by atoms with van der Waals surface area (Å²) in [4.78, 5) is 14.6. The van der Waals surface area contributed by atoms with E-state index in [1.165, 1.54) is 6.20 Å². The van der Waals surface area contributed by atoms with Crippen molar-refractivity contribution in [3.8, 4) is 11.5 Å². The number of pyridine rings is 1. The Balaban J connectivity index is 1.55. The number of hydrogen-bond acceptors (Lipinski definition) is 5. The third-order valence-corrected chi connectivity index (χ3v) is 4.91. The normalized spacial score (nSPS) is 15.3. The summed E-state index contributed by atoms with van der Waals surface area (Å²) < 4.78 is 11.4. The van der Waals surface area contributed by atoms with Crippen molar-refractivity contribution >= 4 is 11.6 Å². The number of benzene rings is 1. The van der Waals surface area contributed by atoms with Crippen LogP contribution in [0.25, 0.3) is 0 Å². The van der Waals surface area contributed by atoms with E-state index < -0.39 is 0 Å². The van der Waals surface area contributed by atoms with Crippen molar-refractivity contribution in [2.75, 3.05) is 39.2 Å². The van der Waals surface area contributed by atoms with E-state index in [4.69, 9.17) is 9.47 Å². The first-order chi connectivity index (χ1) is 13.1. The topological polar surface area (TPSA) is 77.7 Å². The number of methoxy groups -OCH3 is 2. The zero-order valence-corrected chi connectivity index (χ0v) is 15.7. The van der Waals surface area contributed by atoms with Gasteiger partial charge in [-0.3, -0.25) is 9.69 Å². The van der Waals surface area contributed by atoms with Crippen LogP contribution in [0.3, 0.4) is 0 Å². The molecule has 1 amide bonds. The summed E-state index contributed by atoms with van der Waals surface area (Å²) in [6.07, 6.45) is 3.26. The largest absolute Gasteiger partial charge is 0.618 e. The molecular formula is C20H25N3O4. The van der Waals surface area contributed by atoms with Crippen molar-refractivity contribution in [2.45, 2.75) is 18.8 Å². The molecule has 1 aromatic carbocycles. The van der Waals surface area contributed by atoms with Crippen LogP contribution in [0.15, 0.2) is 42.6 Å². The number of rotatable bonds is 6. The van der Waals surface area contributed by atoms with E-state index in [1.807, 2.05) is 12.1 Å². The minimum Gasteiger partial charge on any atom is -0.618 e. The van der Waals surface area contributed by atoms with Gasteiger partial charge in [-0.15, -0.1) is 0 Å². The van der Waals surface area contributed by atoms with E-state index in [0.29, 0.717) is 23.7 Å². The van der Waals surface area contributed by atoms with Crippen LogP contribution in [0.1, 0.15) is 24.5 Å². The third-order valence-electron chi connectivity index (χ3n) is 4.91. The van der Waals surface area contributed by atoms with Crippen molar-refractivity contribution in [1.82, 2.24) is 4.90 Å². The van der Waals surface area contributed by atoms with Gasteiger partial charge in [0.25, 0.3) is 0 Å². The van der Waals surface area contributed by atoms with E-state index in [2.05, 4.69) is 10.2 Å². The molecule has 7 heteroatoms. The maximum absolute atomic E-state index is 12.5. The van der Waals surface area contributed by atoms with Crippen molar-refractivity contribution in [3.63, 3.8) is 0 Å². The molecule has 0 saturated carbocycles. The number of amides is 1. The van der Waals surface area contributed by atoms with Crippen LogP contribution in [0, 0.1) is 5.21 Å². The average Bonchev–Trinajstić information content (AvgIpc) is 2.69. The van der Waals surface area contributed by atoms with Crippen molar-refractivity contribution < 1.29 is 19.0 Å². The Kier molecular flexibility index (Phi) is 6.13. The smallest absolute Gasteiger partial charge is 0.238 e. The fraction of sp³-hybridized carbons (Fsp3) is 0.400. The van der Waals surface area contributed by atoms with Gasteiger partial charge in [0.2, 0.25) is 5.91 Å². The number of anilines is 1. The second-order valence-electron chi connectivity index (χ2n) is 6.62. The van der Waals surface area contributed by atoms with Crippen molar-refractivity contribution in [3.05, 3.63) is 53.5 Å². The highest BCUT2D eigenvalue weighted by Crippen LogP contribution is 2.29. The molecule has 2 heterocycles. The fourth-order valence-electron chi connectivity index (χ4n) is 3.45. The molecule has 2 aromatic rings. The van der Waals surface area contributed by atoms with E-state index >= 15 is 0 Å². The minimum absolute atomic E-state index is 0.0985. The van der Waals surface area contributed by atoms with E-state index in [1.54, 1.807) is 38.5 Å². The van der Waals surface area contributed by atoms with Gasteiger partial charge in [-0.1, -0.05) is 6.07 Å². The Hall–Kier alpha value is -2.80. The number of aromatic nitrogens is 1. The van der Waals surface area contributed by atoms with Crippen LogP contribution in [0.2, 0.25) is 0 Å². The van der Waals surface area contributed by atoms with E-state index in [0.717, 1.165) is 36.4 Å². The van der Waals surface area contributed by atoms with E-state index in [9.17, 15) is 10.0 Å². The second-order valence-corrected chi connectivity index (χ2v) is 6.62. The van der Waals surface area contributed by atoms with Gasteiger partial charge in [0.05, 0.1) is 26.5 Å². The number of carbonyl (C=O) groups is 1. The molecule has 1 N–H and O–H groups in total. The molecule has 7 nitrogen and oxygen atoms in total. The molecule has 1 saturated heterocycles. The Labute approximate surface area is 159 Å². The highest BCUT2D eigenvalue weighted by Gasteiger charge is 2.26. The lowest BCUT2D eigenvalue weighted by atomic mass is 9.93. The summed E-state index contributed by atoms with van der Waals surface area (Å²) in [6, 6.07) is 10.8. The lowest BCUT2D eigenvalue weighted by molar-refractivity contribution is -0.616. The summed E-state index contributed by atoms with van der Waals surface area (Å²) in [5.41, 5.74) is 1.40. The zero-order chi connectivity index (χ0) is 19.2. The Morgan fingerprint density at radius 1 is 1.22 bits per heavy atom. The molecule has 0 spiro atoms. The summed E-state index contributed by atoms with van der Waals surface area (Å²) >= 11 is 0. The van der Waals surface area contributed by atoms with Crippen LogP contribution in [0.4, 0.5) is 5.69 Å². The highest BCUT2D eigenvalue weighted by molar-refractivity contribution is 5.94. The predicted octanol–water partition coefficient (Wildman–Crippen LogP) is 2.16. The fourth-order valence-corrected chi connectivity index (χ4v) is 3.45. The number of hydrogen-bond donors (Lipinski definition) is 1. The lowest BCUT2D eigenvalue weighted by Crippen LogP contribution is -2.41. The second kappa shape index (κ2) is 8.73. The predicted molar refractivity (Wildman–Crippen MR) is 102 cm³/mol. The molecule has 1 aliphatic heterocycles. The van der Waals surface area contributed by atoms with E-state index in [-0.39, 0.29) is 11.8 Å². The molecule has 0 radical (unpaired) electrons. The number of carbonyl (C=O) groups excluding carboxylic acids is 1. The van der Waals surface area contributed by atoms with Gasteiger partial charge >= 0.3 is 0 Å². The first kappa shape index (κ1) is 19.0. The number of nitrogens with zero attached hydrogens (tertiary/aromatic N) is 2. The molecule has 1 aromatic heterocycles. The third kappa shape index (κ3) is 4.68. The van der Waals surface area contributed by atoms with Crippen LogP contribution >= 0.6 is 0 Å². The standard InChI is InChI=1S/C20H25N3O4/c1-26-16-6-7-19(27-2)17(13-16)21-20(24)14-22-11-8-15(9-12-22)18-5-3-4-10-23(18)25/h3-7,10,13,15H,8-9,11-12,14H2,1-2H3,(H,21,24). The molecule has 3 rings (SSSR count). The van der Waals surface area contributed by atoms with Gasteiger partial charge in [-0.2, -0.15) is 4.73 Å². The maximum Gasteiger partial charge on any atom is 0.238 e. The first-order valence-corrected chi connectivity index (χ1v) is 9.03. The van der Waals surface area contributed by atoms with Crippen LogP contribution < -0.4 is 19.5 Å². The number of nitrogens with one attached hydrogen (secondary N) is 1. The Morgan fingerprint density at radius 3 is 2.67 bits per heavy atom. The molecule has 0 unspecified atom stereocenters. The van der Waals surface area contributed by atoms with Crippen LogP contribution in [-0.4, -0.2) is 44.7 Å². The highest BCUT2D eigenvalue weighted by atomic mass is 16.5. The Bertz CT molecular complexity index is 789. The summed E-state index contributed by atoms with van der Waals surface area (Å²) in [6.45, 7) is 1.86. The van der Waals surface area contributed by atoms with Crippen LogP contribution in [0.5, 0.6) is 11.5 Å². The molecule has 144 valence electrons. The number of piperidine rings is 1. The molecule has 0 aliphatic carbocycles. The SMILES string of the molecule is COc1ccc(OC)c(NC(=O)CN2CCC(c3cccc[n+]3[O-])CC2)c1. The van der Waals surface area contributed by atoms with Crippen molar-refractivity contribution in [1.29, 1.82) is 0 Å². The zero-order valence-electron chi connectivity index (χ0n) is 15.7. The summed E-state index contributed by atoms with van der Waals surface area (Å²) in [5, 5.41) is 14.8. The summed E-state index contributed by atoms with van der Waals surface area (Å²) in [7, 11) is 3.14. The molecule has 0 atom stereocenters. The average molecular weight is 371 g/mol. The van der Waals surface area contributed by atoms with Gasteiger partial charge in [0.15, 0.2) is 11.9 Å². The lowest BCUT2D eigenvalue weighted by Gasteiger charge is -2.30. The van der Waals surface area contributed by atoms with Gasteiger partial charge in [0, 0.05) is 24.1 Å². The monoisotopic (exact) mass is 371 g/mol. The number of likely N-dealkylation sites (tertiary alicyclic amines) is 1. The first-order valence-electron chi connectivity index (χ1n) is 9.03.